The van der Waals surface area contributed by atoms with Crippen molar-refractivity contribution in [1.82, 2.24) is 15.2 Å². The summed E-state index contributed by atoms with van der Waals surface area (Å²) in [7, 11) is 1.68. The summed E-state index contributed by atoms with van der Waals surface area (Å²) in [6.45, 7) is 6.34. The lowest BCUT2D eigenvalue weighted by Crippen LogP contribution is -2.50. The van der Waals surface area contributed by atoms with Gasteiger partial charge >= 0.3 is 6.18 Å². The van der Waals surface area contributed by atoms with Crippen molar-refractivity contribution in [2.75, 3.05) is 26.9 Å². The second kappa shape index (κ2) is 12.3. The summed E-state index contributed by atoms with van der Waals surface area (Å²) in [5.41, 5.74) is 0.398. The molecule has 0 aromatic carbocycles. The maximum atomic E-state index is 13.1. The first kappa shape index (κ1) is 26.9. The molecule has 1 N–H and O–H groups in total. The van der Waals surface area contributed by atoms with Crippen LogP contribution in [0.1, 0.15) is 69.2 Å². The van der Waals surface area contributed by atoms with Crippen LogP contribution in [0, 0.1) is 5.92 Å². The van der Waals surface area contributed by atoms with Crippen LogP contribution in [-0.4, -0.2) is 60.8 Å². The predicted molar refractivity (Wildman–Crippen MR) is 123 cm³/mol. The van der Waals surface area contributed by atoms with Gasteiger partial charge in [-0.3, -0.25) is 9.78 Å². The minimum atomic E-state index is -4.43. The van der Waals surface area contributed by atoms with Crippen LogP contribution < -0.4 is 5.32 Å². The maximum Gasteiger partial charge on any atom is 0.417 e. The molecule has 1 aromatic heterocycles. The van der Waals surface area contributed by atoms with Gasteiger partial charge in [0.2, 0.25) is 5.91 Å². The minimum Gasteiger partial charge on any atom is -0.379 e. The number of halogens is 3. The van der Waals surface area contributed by atoms with Gasteiger partial charge in [-0.1, -0.05) is 26.7 Å². The summed E-state index contributed by atoms with van der Waals surface area (Å²) < 4.78 is 50.0. The number of amides is 1. The smallest absolute Gasteiger partial charge is 0.379 e. The number of pyridine rings is 1. The largest absolute Gasteiger partial charge is 0.417 e. The number of hydrogen-bond acceptors (Lipinski definition) is 5. The van der Waals surface area contributed by atoms with Gasteiger partial charge in [-0.05, 0) is 37.3 Å². The Morgan fingerprint density at radius 2 is 2.03 bits per heavy atom. The van der Waals surface area contributed by atoms with Crippen LogP contribution in [-0.2, 0) is 33.4 Å². The highest BCUT2D eigenvalue weighted by Crippen LogP contribution is 2.33. The first-order chi connectivity index (χ1) is 16.3. The molecule has 3 heterocycles. The van der Waals surface area contributed by atoms with E-state index in [0.29, 0.717) is 37.4 Å². The van der Waals surface area contributed by atoms with E-state index < -0.39 is 11.7 Å². The topological polar surface area (TPSA) is 63.7 Å². The van der Waals surface area contributed by atoms with Crippen molar-refractivity contribution in [3.05, 3.63) is 29.1 Å². The van der Waals surface area contributed by atoms with Gasteiger partial charge < -0.3 is 19.7 Å². The number of fused-ring (bicyclic) bond motifs is 1. The van der Waals surface area contributed by atoms with Crippen molar-refractivity contribution < 1.29 is 27.4 Å². The quantitative estimate of drug-likeness (QED) is 0.672. The number of ether oxygens (including phenoxy) is 2. The van der Waals surface area contributed by atoms with E-state index in [2.05, 4.69) is 24.1 Å². The lowest BCUT2D eigenvalue weighted by atomic mass is 10.00. The SMILES string of the molecule is CCCC.CO[C@@H]1COCC[C@@H]1N[C@@H]1CC[C@H](C(=O)N2CCc3ncc(C(F)(F)F)cc3C2)C1. The minimum absolute atomic E-state index is 0.0161. The van der Waals surface area contributed by atoms with E-state index in [1.165, 1.54) is 12.8 Å². The molecule has 1 saturated heterocycles. The van der Waals surface area contributed by atoms with Gasteiger partial charge in [0.1, 0.15) is 0 Å². The molecule has 1 saturated carbocycles. The van der Waals surface area contributed by atoms with Gasteiger partial charge in [0.15, 0.2) is 0 Å². The number of carbonyl (C=O) groups is 1. The number of aromatic nitrogens is 1. The Kier molecular flexibility index (Phi) is 9.74. The molecule has 1 amide bonds. The van der Waals surface area contributed by atoms with Crippen LogP contribution in [0.2, 0.25) is 0 Å². The number of unbranched alkanes of at least 4 members (excludes halogenated alkanes) is 1. The van der Waals surface area contributed by atoms with E-state index in [1.54, 1.807) is 12.0 Å². The molecule has 1 aliphatic carbocycles. The Bertz CT molecular complexity index is 803. The molecule has 3 aliphatic rings. The van der Waals surface area contributed by atoms with E-state index in [9.17, 15) is 18.0 Å². The summed E-state index contributed by atoms with van der Waals surface area (Å²) in [4.78, 5) is 18.7. The zero-order valence-electron chi connectivity index (χ0n) is 20.5. The number of nitrogens with one attached hydrogen (secondary N) is 1. The summed E-state index contributed by atoms with van der Waals surface area (Å²) >= 11 is 0. The van der Waals surface area contributed by atoms with Crippen LogP contribution in [0.5, 0.6) is 0 Å². The van der Waals surface area contributed by atoms with Crippen LogP contribution in [0.15, 0.2) is 12.3 Å². The van der Waals surface area contributed by atoms with E-state index in [4.69, 9.17) is 9.47 Å². The van der Waals surface area contributed by atoms with Crippen LogP contribution in [0.4, 0.5) is 13.2 Å². The van der Waals surface area contributed by atoms with E-state index >= 15 is 0 Å². The predicted octanol–water partition coefficient (Wildman–Crippen LogP) is 4.35. The number of hydrogen-bond donors (Lipinski definition) is 1. The molecule has 0 bridgehead atoms. The van der Waals surface area contributed by atoms with Gasteiger partial charge in [0.05, 0.1) is 18.3 Å². The fraction of sp³-hybridized carbons (Fsp3) is 0.760. The van der Waals surface area contributed by atoms with Gasteiger partial charge in [0.25, 0.3) is 0 Å². The highest BCUT2D eigenvalue weighted by molar-refractivity contribution is 5.79. The Hall–Kier alpha value is -1.71. The Balaban J connectivity index is 0.000000751. The average Bonchev–Trinajstić information content (AvgIpc) is 3.31. The normalized spacial score (nSPS) is 27.1. The number of rotatable bonds is 5. The second-order valence-electron chi connectivity index (χ2n) is 9.46. The zero-order chi connectivity index (χ0) is 24.7. The molecule has 6 nitrogen and oxygen atoms in total. The molecular weight excluding hydrogens is 447 g/mol. The maximum absolute atomic E-state index is 13.1. The molecular formula is C25H38F3N3O3. The van der Waals surface area contributed by atoms with E-state index in [0.717, 1.165) is 37.9 Å². The lowest BCUT2D eigenvalue weighted by Gasteiger charge is -2.33. The molecule has 2 fully saturated rings. The molecule has 0 radical (unpaired) electrons. The Labute approximate surface area is 200 Å². The van der Waals surface area contributed by atoms with Crippen molar-refractivity contribution in [3.8, 4) is 0 Å². The van der Waals surface area contributed by atoms with Crippen molar-refractivity contribution in [2.45, 2.75) is 89.7 Å². The van der Waals surface area contributed by atoms with E-state index in [-0.39, 0.29) is 36.6 Å². The molecule has 9 heteroatoms. The van der Waals surface area contributed by atoms with Crippen LogP contribution in [0.3, 0.4) is 0 Å². The van der Waals surface area contributed by atoms with Crippen molar-refractivity contribution >= 4 is 5.91 Å². The monoisotopic (exact) mass is 485 g/mol. The highest BCUT2D eigenvalue weighted by Gasteiger charge is 2.37. The summed E-state index contributed by atoms with van der Waals surface area (Å²) in [5, 5.41) is 3.64. The van der Waals surface area contributed by atoms with Crippen molar-refractivity contribution in [3.63, 3.8) is 0 Å². The highest BCUT2D eigenvalue weighted by atomic mass is 19.4. The standard InChI is InChI=1S/C21H28F3N3O3.C4H10/c1-29-19-12-30-7-5-18(19)26-16-3-2-13(9-16)20(28)27-6-4-17-14(11-27)8-15(10-25-17)21(22,23)24;1-3-4-2/h8,10,13,16,18-19,26H,2-7,9,11-12H2,1H3;3-4H2,1-2H3/t13-,16+,18-,19+;/m0./s1. The third kappa shape index (κ3) is 6.92. The third-order valence-corrected chi connectivity index (χ3v) is 7.02. The van der Waals surface area contributed by atoms with Crippen molar-refractivity contribution in [1.29, 1.82) is 0 Å². The summed E-state index contributed by atoms with van der Waals surface area (Å²) in [6.07, 6.45) is 2.93. The van der Waals surface area contributed by atoms with E-state index in [1.807, 2.05) is 0 Å². The number of carbonyl (C=O) groups excluding carboxylic acids is 1. The number of nitrogens with zero attached hydrogens (tertiary/aromatic N) is 2. The van der Waals surface area contributed by atoms with Gasteiger partial charge in [-0.25, -0.2) is 0 Å². The molecule has 2 aliphatic heterocycles. The zero-order valence-corrected chi connectivity index (χ0v) is 20.5. The summed E-state index contributed by atoms with van der Waals surface area (Å²) in [5.74, 6) is -0.0544. The van der Waals surface area contributed by atoms with Gasteiger partial charge in [-0.15, -0.1) is 0 Å². The average molecular weight is 486 g/mol. The summed E-state index contributed by atoms with van der Waals surface area (Å²) in [6, 6.07) is 1.60. The van der Waals surface area contributed by atoms with Crippen molar-refractivity contribution in [2.24, 2.45) is 5.92 Å². The molecule has 192 valence electrons. The Morgan fingerprint density at radius 3 is 2.71 bits per heavy atom. The van der Waals surface area contributed by atoms with Crippen LogP contribution in [0.25, 0.3) is 0 Å². The fourth-order valence-electron chi connectivity index (χ4n) is 4.82. The molecule has 1 aromatic rings. The molecule has 4 rings (SSSR count). The van der Waals surface area contributed by atoms with Gasteiger partial charge in [0, 0.05) is 63.1 Å². The van der Waals surface area contributed by atoms with Gasteiger partial charge in [-0.2, -0.15) is 13.2 Å². The first-order valence-corrected chi connectivity index (χ1v) is 12.5. The van der Waals surface area contributed by atoms with Crippen LogP contribution >= 0.6 is 0 Å². The number of alkyl halides is 3. The number of methoxy groups -OCH3 is 1. The molecule has 4 atom stereocenters. The molecule has 0 spiro atoms. The second-order valence-corrected chi connectivity index (χ2v) is 9.46. The Morgan fingerprint density at radius 1 is 1.26 bits per heavy atom. The molecule has 34 heavy (non-hydrogen) atoms. The lowest BCUT2D eigenvalue weighted by molar-refractivity contribution is -0.137. The first-order valence-electron chi connectivity index (χ1n) is 12.5. The third-order valence-electron chi connectivity index (χ3n) is 7.02. The fourth-order valence-corrected chi connectivity index (χ4v) is 4.82. The molecule has 0 unspecified atom stereocenters.